The highest BCUT2D eigenvalue weighted by Gasteiger charge is 2.15. The minimum absolute atomic E-state index is 0.110. The standard InChI is InChI=1S/C22H19ClN4OS2/c1-29-18-7-3-6-17(11-18)25-21(28)13-27-20-12-24-9-8-19(20)26-22(27)30-14-15-4-2-5-16(23)10-15/h2-12H,13-14H2,1H3,(H,25,28). The second kappa shape index (κ2) is 9.55. The number of hydrogen-bond acceptors (Lipinski definition) is 5. The molecular weight excluding hydrogens is 436 g/mol. The van der Waals surface area contributed by atoms with Gasteiger partial charge in [-0.05, 0) is 48.2 Å². The number of benzene rings is 2. The third-order valence-electron chi connectivity index (χ3n) is 4.43. The number of aromatic nitrogens is 3. The molecule has 0 atom stereocenters. The normalized spacial score (nSPS) is 11.0. The Hall–Kier alpha value is -2.48. The maximum atomic E-state index is 12.8. The van der Waals surface area contributed by atoms with Crippen molar-refractivity contribution in [3.63, 3.8) is 0 Å². The largest absolute Gasteiger partial charge is 0.324 e. The van der Waals surface area contributed by atoms with Gasteiger partial charge in [-0.1, -0.05) is 41.6 Å². The lowest BCUT2D eigenvalue weighted by Crippen LogP contribution is -2.19. The minimum atomic E-state index is -0.110. The highest BCUT2D eigenvalue weighted by atomic mass is 35.5. The van der Waals surface area contributed by atoms with Crippen molar-refractivity contribution >= 4 is 57.8 Å². The van der Waals surface area contributed by atoms with Gasteiger partial charge in [0, 0.05) is 27.6 Å². The van der Waals surface area contributed by atoms with Gasteiger partial charge in [0.25, 0.3) is 0 Å². The Balaban J connectivity index is 1.55. The Kier molecular flexibility index (Phi) is 6.62. The molecule has 0 aliphatic heterocycles. The summed E-state index contributed by atoms with van der Waals surface area (Å²) in [5.41, 5.74) is 3.53. The van der Waals surface area contributed by atoms with Crippen LogP contribution >= 0.6 is 35.1 Å². The molecule has 0 spiro atoms. The van der Waals surface area contributed by atoms with Gasteiger partial charge in [0.1, 0.15) is 6.54 Å². The van der Waals surface area contributed by atoms with Crippen LogP contribution < -0.4 is 5.32 Å². The van der Waals surface area contributed by atoms with Crippen molar-refractivity contribution in [3.05, 3.63) is 77.6 Å². The summed E-state index contributed by atoms with van der Waals surface area (Å²) in [7, 11) is 0. The third kappa shape index (κ3) is 4.98. The summed E-state index contributed by atoms with van der Waals surface area (Å²) in [5, 5.41) is 4.46. The summed E-state index contributed by atoms with van der Waals surface area (Å²) in [5.74, 6) is 0.593. The van der Waals surface area contributed by atoms with Crippen molar-refractivity contribution < 1.29 is 4.79 Å². The number of carbonyl (C=O) groups is 1. The summed E-state index contributed by atoms with van der Waals surface area (Å²) in [6.45, 7) is 0.156. The summed E-state index contributed by atoms with van der Waals surface area (Å²) in [6, 6.07) is 17.4. The van der Waals surface area contributed by atoms with Crippen molar-refractivity contribution in [2.45, 2.75) is 22.3 Å². The summed E-state index contributed by atoms with van der Waals surface area (Å²) in [6.07, 6.45) is 5.46. The average Bonchev–Trinajstić information content (AvgIpc) is 3.10. The number of carbonyl (C=O) groups excluding carboxylic acids is 1. The molecular formula is C22H19ClN4OS2. The van der Waals surface area contributed by atoms with Crippen LogP contribution in [-0.2, 0) is 17.1 Å². The molecule has 2 heterocycles. The first-order chi connectivity index (χ1) is 14.6. The second-order valence-corrected chi connectivity index (χ2v) is 8.80. The van der Waals surface area contributed by atoms with E-state index in [0.29, 0.717) is 10.8 Å². The van der Waals surface area contributed by atoms with E-state index < -0.39 is 0 Å². The Morgan fingerprint density at radius 3 is 2.87 bits per heavy atom. The molecule has 0 aliphatic rings. The van der Waals surface area contributed by atoms with Crippen LogP contribution in [0.2, 0.25) is 5.02 Å². The van der Waals surface area contributed by atoms with Crippen LogP contribution in [-0.4, -0.2) is 26.7 Å². The molecule has 5 nitrogen and oxygen atoms in total. The number of thioether (sulfide) groups is 2. The molecule has 4 rings (SSSR count). The van der Waals surface area contributed by atoms with Crippen LogP contribution in [0.5, 0.6) is 0 Å². The van der Waals surface area contributed by atoms with E-state index in [-0.39, 0.29) is 12.5 Å². The maximum absolute atomic E-state index is 12.8. The number of amides is 1. The van der Waals surface area contributed by atoms with E-state index in [1.165, 1.54) is 0 Å². The number of rotatable bonds is 7. The summed E-state index contributed by atoms with van der Waals surface area (Å²) in [4.78, 5) is 22.8. The van der Waals surface area contributed by atoms with Gasteiger partial charge in [0.2, 0.25) is 5.91 Å². The molecule has 2 aromatic heterocycles. The number of pyridine rings is 1. The predicted molar refractivity (Wildman–Crippen MR) is 125 cm³/mol. The fourth-order valence-corrected chi connectivity index (χ4v) is 4.66. The zero-order valence-corrected chi connectivity index (χ0v) is 18.6. The van der Waals surface area contributed by atoms with E-state index >= 15 is 0 Å². The van der Waals surface area contributed by atoms with E-state index in [2.05, 4.69) is 10.3 Å². The topological polar surface area (TPSA) is 59.8 Å². The monoisotopic (exact) mass is 454 g/mol. The summed E-state index contributed by atoms with van der Waals surface area (Å²) < 4.78 is 1.91. The molecule has 8 heteroatoms. The smallest absolute Gasteiger partial charge is 0.244 e. The highest BCUT2D eigenvalue weighted by molar-refractivity contribution is 7.98. The van der Waals surface area contributed by atoms with Crippen LogP contribution in [0.4, 0.5) is 5.69 Å². The number of hydrogen-bond donors (Lipinski definition) is 1. The van der Waals surface area contributed by atoms with E-state index in [9.17, 15) is 4.79 Å². The van der Waals surface area contributed by atoms with Crippen molar-refractivity contribution in [3.8, 4) is 0 Å². The number of halogens is 1. The van der Waals surface area contributed by atoms with Crippen LogP contribution in [0.15, 0.2) is 77.0 Å². The fourth-order valence-electron chi connectivity index (χ4n) is 3.03. The Labute approximate surface area is 188 Å². The molecule has 0 saturated carbocycles. The number of imidazole rings is 1. The van der Waals surface area contributed by atoms with Gasteiger partial charge in [-0.25, -0.2) is 4.98 Å². The van der Waals surface area contributed by atoms with E-state index in [1.807, 2.05) is 65.4 Å². The Morgan fingerprint density at radius 2 is 2.03 bits per heavy atom. The van der Waals surface area contributed by atoms with Gasteiger partial charge in [0.05, 0.1) is 17.2 Å². The van der Waals surface area contributed by atoms with Crippen LogP contribution in [0.25, 0.3) is 11.0 Å². The van der Waals surface area contributed by atoms with Crippen molar-refractivity contribution in [2.75, 3.05) is 11.6 Å². The SMILES string of the molecule is CSc1cccc(NC(=O)Cn2c(SCc3cccc(Cl)c3)nc3ccncc32)c1. The van der Waals surface area contributed by atoms with Crippen molar-refractivity contribution in [1.82, 2.24) is 14.5 Å². The maximum Gasteiger partial charge on any atom is 0.244 e. The van der Waals surface area contributed by atoms with E-state index in [0.717, 1.165) is 32.3 Å². The highest BCUT2D eigenvalue weighted by Crippen LogP contribution is 2.27. The van der Waals surface area contributed by atoms with Crippen LogP contribution in [0.3, 0.4) is 0 Å². The molecule has 4 aromatic rings. The molecule has 0 unspecified atom stereocenters. The first kappa shape index (κ1) is 20.8. The van der Waals surface area contributed by atoms with Gasteiger partial charge in [-0.2, -0.15) is 0 Å². The van der Waals surface area contributed by atoms with Crippen molar-refractivity contribution in [2.24, 2.45) is 0 Å². The molecule has 0 fully saturated rings. The number of nitrogens with zero attached hydrogens (tertiary/aromatic N) is 3. The molecule has 0 radical (unpaired) electrons. The number of anilines is 1. The molecule has 0 aliphatic carbocycles. The lowest BCUT2D eigenvalue weighted by atomic mass is 10.2. The van der Waals surface area contributed by atoms with Gasteiger partial charge in [-0.15, -0.1) is 11.8 Å². The quantitative estimate of drug-likeness (QED) is 0.361. The lowest BCUT2D eigenvalue weighted by molar-refractivity contribution is -0.116. The average molecular weight is 455 g/mol. The zero-order valence-electron chi connectivity index (χ0n) is 16.2. The zero-order chi connectivity index (χ0) is 20.9. The van der Waals surface area contributed by atoms with Crippen molar-refractivity contribution in [1.29, 1.82) is 0 Å². The van der Waals surface area contributed by atoms with Crippen LogP contribution in [0, 0.1) is 0 Å². The second-order valence-electron chi connectivity index (χ2n) is 6.54. The van der Waals surface area contributed by atoms with E-state index in [4.69, 9.17) is 16.6 Å². The minimum Gasteiger partial charge on any atom is -0.324 e. The molecule has 152 valence electrons. The van der Waals surface area contributed by atoms with Gasteiger partial charge < -0.3 is 9.88 Å². The predicted octanol–water partition coefficient (Wildman–Crippen LogP) is 5.74. The molecule has 30 heavy (non-hydrogen) atoms. The first-order valence-corrected chi connectivity index (χ1v) is 11.8. The van der Waals surface area contributed by atoms with Gasteiger partial charge in [-0.3, -0.25) is 9.78 Å². The van der Waals surface area contributed by atoms with Crippen LogP contribution in [0.1, 0.15) is 5.56 Å². The van der Waals surface area contributed by atoms with Gasteiger partial charge in [0.15, 0.2) is 5.16 Å². The Bertz CT molecular complexity index is 1190. The molecule has 2 aromatic carbocycles. The first-order valence-electron chi connectivity index (χ1n) is 9.24. The molecule has 0 saturated heterocycles. The fraction of sp³-hybridized carbons (Fsp3) is 0.136. The molecule has 1 amide bonds. The Morgan fingerprint density at radius 1 is 1.17 bits per heavy atom. The number of nitrogens with one attached hydrogen (secondary N) is 1. The summed E-state index contributed by atoms with van der Waals surface area (Å²) >= 11 is 9.31. The molecule has 0 bridgehead atoms. The molecule has 1 N–H and O–H groups in total. The third-order valence-corrected chi connectivity index (χ3v) is 6.44. The lowest BCUT2D eigenvalue weighted by Gasteiger charge is -2.10. The van der Waals surface area contributed by atoms with E-state index in [1.54, 1.807) is 35.9 Å². The van der Waals surface area contributed by atoms with Gasteiger partial charge >= 0.3 is 0 Å². The number of fused-ring (bicyclic) bond motifs is 1.